The van der Waals surface area contributed by atoms with Gasteiger partial charge in [0.1, 0.15) is 5.75 Å². The molecule has 0 spiro atoms. The number of ether oxygens (including phenoxy) is 1. The normalized spacial score (nSPS) is 10.4. The number of carbonyl (C=O) groups excluding carboxylic acids is 1. The standard InChI is InChI=1S/C13H14I3NO5/c14-7-6-8(15)12(22-5-1-2-9(19)20)11(16)10(7)13(21)17-3-4-18/h6,18H,1-5H2,(H,17,21)(H,19,20). The SMILES string of the molecule is O=C(O)CCCOc1c(I)cc(I)c(C(=O)NCCO)c1I. The van der Waals surface area contributed by atoms with Gasteiger partial charge in [0, 0.05) is 16.5 Å². The minimum Gasteiger partial charge on any atom is -0.491 e. The summed E-state index contributed by atoms with van der Waals surface area (Å²) in [6.45, 7) is 0.337. The highest BCUT2D eigenvalue weighted by molar-refractivity contribution is 14.1. The second-order valence-corrected chi connectivity index (χ2v) is 7.59. The molecule has 0 radical (unpaired) electrons. The van der Waals surface area contributed by atoms with Gasteiger partial charge in [0.15, 0.2) is 0 Å². The maximum absolute atomic E-state index is 12.2. The number of hydrogen-bond donors (Lipinski definition) is 3. The number of aliphatic hydroxyl groups is 1. The number of carbonyl (C=O) groups is 2. The molecule has 0 bridgehead atoms. The zero-order valence-electron chi connectivity index (χ0n) is 11.4. The Hall–Kier alpha value is 0.110. The first-order valence-electron chi connectivity index (χ1n) is 6.29. The molecular weight excluding hydrogens is 631 g/mol. The van der Waals surface area contributed by atoms with E-state index in [1.165, 1.54) is 0 Å². The number of aliphatic hydroxyl groups excluding tert-OH is 1. The van der Waals surface area contributed by atoms with Crippen LogP contribution in [0.3, 0.4) is 0 Å². The van der Waals surface area contributed by atoms with Crippen LogP contribution in [0.1, 0.15) is 23.2 Å². The van der Waals surface area contributed by atoms with E-state index in [1.54, 1.807) is 0 Å². The summed E-state index contributed by atoms with van der Waals surface area (Å²) < 4.78 is 7.99. The molecule has 6 nitrogen and oxygen atoms in total. The van der Waals surface area contributed by atoms with Crippen molar-refractivity contribution < 1.29 is 24.5 Å². The van der Waals surface area contributed by atoms with Crippen LogP contribution in [0.2, 0.25) is 0 Å². The molecule has 0 unspecified atom stereocenters. The molecule has 1 aromatic rings. The third kappa shape index (κ3) is 5.96. The third-order valence-electron chi connectivity index (χ3n) is 2.53. The lowest BCUT2D eigenvalue weighted by Crippen LogP contribution is -2.28. The van der Waals surface area contributed by atoms with Crippen LogP contribution in [0.4, 0.5) is 0 Å². The van der Waals surface area contributed by atoms with Crippen molar-refractivity contribution in [3.63, 3.8) is 0 Å². The summed E-state index contributed by atoms with van der Waals surface area (Å²) in [6, 6.07) is 1.84. The lowest BCUT2D eigenvalue weighted by Gasteiger charge is -2.15. The Labute approximate surface area is 168 Å². The van der Waals surface area contributed by atoms with Crippen molar-refractivity contribution >= 4 is 79.6 Å². The van der Waals surface area contributed by atoms with Crippen molar-refractivity contribution in [3.8, 4) is 5.75 Å². The monoisotopic (exact) mass is 645 g/mol. The van der Waals surface area contributed by atoms with E-state index >= 15 is 0 Å². The van der Waals surface area contributed by atoms with Gasteiger partial charge in [-0.25, -0.2) is 0 Å². The first-order valence-corrected chi connectivity index (χ1v) is 9.53. The molecular formula is C13H14I3NO5. The number of carboxylic acids is 1. The number of nitrogens with one attached hydrogen (secondary N) is 1. The zero-order valence-corrected chi connectivity index (χ0v) is 17.8. The van der Waals surface area contributed by atoms with Crippen LogP contribution in [0.25, 0.3) is 0 Å². The maximum Gasteiger partial charge on any atom is 0.303 e. The summed E-state index contributed by atoms with van der Waals surface area (Å²) in [5.41, 5.74) is 0.503. The molecule has 0 aromatic heterocycles. The molecule has 0 saturated carbocycles. The maximum atomic E-state index is 12.2. The molecule has 0 aliphatic heterocycles. The summed E-state index contributed by atoms with van der Waals surface area (Å²) in [5.74, 6) is -0.546. The van der Waals surface area contributed by atoms with E-state index < -0.39 is 5.97 Å². The van der Waals surface area contributed by atoms with E-state index in [4.69, 9.17) is 14.9 Å². The largest absolute Gasteiger partial charge is 0.491 e. The van der Waals surface area contributed by atoms with Gasteiger partial charge in [0.25, 0.3) is 5.91 Å². The Balaban J connectivity index is 2.93. The second kappa shape index (κ2) is 10.1. The van der Waals surface area contributed by atoms with Gasteiger partial charge in [0.05, 0.1) is 25.9 Å². The molecule has 0 fully saturated rings. The van der Waals surface area contributed by atoms with Crippen LogP contribution in [0.5, 0.6) is 5.75 Å². The number of benzene rings is 1. The van der Waals surface area contributed by atoms with E-state index in [9.17, 15) is 9.59 Å². The predicted molar refractivity (Wildman–Crippen MR) is 106 cm³/mol. The van der Waals surface area contributed by atoms with Gasteiger partial charge >= 0.3 is 5.97 Å². The van der Waals surface area contributed by atoms with Crippen molar-refractivity contribution in [2.24, 2.45) is 0 Å². The Morgan fingerprint density at radius 1 is 1.23 bits per heavy atom. The van der Waals surface area contributed by atoms with Crippen LogP contribution in [-0.4, -0.2) is 41.8 Å². The van der Waals surface area contributed by atoms with Gasteiger partial charge in [-0.05, 0) is 80.3 Å². The Morgan fingerprint density at radius 2 is 1.91 bits per heavy atom. The molecule has 22 heavy (non-hydrogen) atoms. The third-order valence-corrected chi connectivity index (χ3v) is 5.22. The lowest BCUT2D eigenvalue weighted by molar-refractivity contribution is -0.137. The molecule has 122 valence electrons. The summed E-state index contributed by atoms with van der Waals surface area (Å²) in [5, 5.41) is 20.0. The average Bonchev–Trinajstić information content (AvgIpc) is 2.43. The molecule has 0 aliphatic carbocycles. The molecule has 9 heteroatoms. The van der Waals surface area contributed by atoms with Crippen LogP contribution in [0.15, 0.2) is 6.07 Å². The van der Waals surface area contributed by atoms with Crippen LogP contribution in [-0.2, 0) is 4.79 Å². The van der Waals surface area contributed by atoms with Gasteiger partial charge < -0.3 is 20.3 Å². The number of rotatable bonds is 8. The van der Waals surface area contributed by atoms with E-state index in [-0.39, 0.29) is 32.1 Å². The molecule has 1 amide bonds. The van der Waals surface area contributed by atoms with E-state index in [2.05, 4.69) is 73.1 Å². The lowest BCUT2D eigenvalue weighted by atomic mass is 10.2. The quantitative estimate of drug-likeness (QED) is 0.299. The minimum atomic E-state index is -0.861. The number of aliphatic carboxylic acids is 1. The Kier molecular flexibility index (Phi) is 9.23. The Morgan fingerprint density at radius 3 is 2.50 bits per heavy atom. The van der Waals surface area contributed by atoms with E-state index in [0.717, 1.165) is 7.14 Å². The number of carboxylic acid groups (broad SMARTS) is 1. The molecule has 1 rings (SSSR count). The van der Waals surface area contributed by atoms with Crippen molar-refractivity contribution in [2.75, 3.05) is 19.8 Å². The number of hydrogen-bond acceptors (Lipinski definition) is 4. The smallest absolute Gasteiger partial charge is 0.303 e. The van der Waals surface area contributed by atoms with Gasteiger partial charge in [-0.15, -0.1) is 0 Å². The predicted octanol–water partition coefficient (Wildman–Crippen LogP) is 2.47. The summed E-state index contributed by atoms with van der Waals surface area (Å²) in [6.07, 6.45) is 0.445. The summed E-state index contributed by atoms with van der Waals surface area (Å²) >= 11 is 6.26. The van der Waals surface area contributed by atoms with E-state index in [0.29, 0.717) is 21.3 Å². The van der Waals surface area contributed by atoms with Gasteiger partial charge in [-0.2, -0.15) is 0 Å². The molecule has 1 aromatic carbocycles. The zero-order chi connectivity index (χ0) is 16.7. The van der Waals surface area contributed by atoms with Gasteiger partial charge in [-0.3, -0.25) is 9.59 Å². The van der Waals surface area contributed by atoms with Gasteiger partial charge in [-0.1, -0.05) is 0 Å². The van der Waals surface area contributed by atoms with Crippen molar-refractivity contribution in [1.82, 2.24) is 5.32 Å². The fraction of sp³-hybridized carbons (Fsp3) is 0.385. The van der Waals surface area contributed by atoms with Crippen molar-refractivity contribution in [2.45, 2.75) is 12.8 Å². The number of amides is 1. The van der Waals surface area contributed by atoms with Gasteiger partial charge in [0.2, 0.25) is 0 Å². The van der Waals surface area contributed by atoms with Crippen LogP contribution < -0.4 is 10.1 Å². The fourth-order valence-corrected chi connectivity index (χ4v) is 5.74. The van der Waals surface area contributed by atoms with Crippen LogP contribution in [0, 0.1) is 10.7 Å². The molecule has 3 N–H and O–H groups in total. The fourth-order valence-electron chi connectivity index (χ4n) is 1.57. The number of halogens is 3. The highest BCUT2D eigenvalue weighted by atomic mass is 127. The van der Waals surface area contributed by atoms with Crippen molar-refractivity contribution in [3.05, 3.63) is 22.3 Å². The Bertz CT molecular complexity index is 565. The molecule has 0 aliphatic rings. The summed E-state index contributed by atoms with van der Waals surface area (Å²) in [4.78, 5) is 22.7. The molecule has 0 atom stereocenters. The topological polar surface area (TPSA) is 95.9 Å². The highest BCUT2D eigenvalue weighted by Gasteiger charge is 2.20. The van der Waals surface area contributed by atoms with Crippen LogP contribution >= 0.6 is 67.8 Å². The molecule has 0 saturated heterocycles. The first-order chi connectivity index (χ1) is 10.4. The first kappa shape index (κ1) is 20.2. The molecule has 0 heterocycles. The minimum absolute atomic E-state index is 0.0430. The van der Waals surface area contributed by atoms with Crippen molar-refractivity contribution in [1.29, 1.82) is 0 Å². The summed E-state index contributed by atoms with van der Waals surface area (Å²) in [7, 11) is 0. The average molecular weight is 645 g/mol. The highest BCUT2D eigenvalue weighted by Crippen LogP contribution is 2.33. The second-order valence-electron chi connectivity index (χ2n) is 4.18. The van der Waals surface area contributed by atoms with E-state index in [1.807, 2.05) is 6.07 Å².